The highest BCUT2D eigenvalue weighted by Crippen LogP contribution is 2.36. The molecule has 116 valence electrons. The summed E-state index contributed by atoms with van der Waals surface area (Å²) in [6, 6.07) is 9.36. The number of para-hydroxylation sites is 1. The van der Waals surface area contributed by atoms with E-state index in [0.717, 1.165) is 24.0 Å². The van der Waals surface area contributed by atoms with Gasteiger partial charge in [-0.05, 0) is 49.7 Å². The highest BCUT2D eigenvalue weighted by Gasteiger charge is 2.39. The van der Waals surface area contributed by atoms with Gasteiger partial charge in [0.2, 0.25) is 0 Å². The van der Waals surface area contributed by atoms with Crippen LogP contribution in [-0.4, -0.2) is 37.2 Å². The van der Waals surface area contributed by atoms with Gasteiger partial charge >= 0.3 is 0 Å². The summed E-state index contributed by atoms with van der Waals surface area (Å²) in [4.78, 5) is 2.65. The van der Waals surface area contributed by atoms with Gasteiger partial charge in [-0.1, -0.05) is 24.6 Å². The van der Waals surface area contributed by atoms with Crippen molar-refractivity contribution in [2.24, 2.45) is 17.6 Å². The van der Waals surface area contributed by atoms with E-state index in [-0.39, 0.29) is 0 Å². The molecule has 0 spiro atoms. The molecule has 1 saturated heterocycles. The van der Waals surface area contributed by atoms with Gasteiger partial charge in [0.15, 0.2) is 0 Å². The van der Waals surface area contributed by atoms with Gasteiger partial charge in [0.25, 0.3) is 0 Å². The molecule has 0 bridgehead atoms. The molecule has 2 N–H and O–H groups in total. The van der Waals surface area contributed by atoms with E-state index < -0.39 is 0 Å². The van der Waals surface area contributed by atoms with Crippen LogP contribution in [0, 0.1) is 11.8 Å². The Labute approximate surface area is 128 Å². The fourth-order valence-electron chi connectivity index (χ4n) is 4.23. The first kappa shape index (κ1) is 14.9. The van der Waals surface area contributed by atoms with Crippen molar-refractivity contribution in [1.82, 2.24) is 4.90 Å². The van der Waals surface area contributed by atoms with Crippen LogP contribution in [0.1, 0.15) is 31.7 Å². The summed E-state index contributed by atoms with van der Waals surface area (Å²) in [5.74, 6) is 2.56. The molecule has 1 saturated carbocycles. The maximum atomic E-state index is 6.33. The molecule has 0 amide bonds. The zero-order chi connectivity index (χ0) is 14.8. The van der Waals surface area contributed by atoms with Crippen LogP contribution in [-0.2, 0) is 6.42 Å². The third-order valence-corrected chi connectivity index (χ3v) is 5.51. The van der Waals surface area contributed by atoms with Crippen molar-refractivity contribution in [3.63, 3.8) is 0 Å². The molecule has 4 atom stereocenters. The lowest BCUT2D eigenvalue weighted by molar-refractivity contribution is 0.240. The van der Waals surface area contributed by atoms with Gasteiger partial charge in [-0.2, -0.15) is 0 Å². The molecule has 3 rings (SSSR count). The Morgan fingerprint density at radius 2 is 2.10 bits per heavy atom. The summed E-state index contributed by atoms with van der Waals surface area (Å²) < 4.78 is 5.48. The molecule has 1 aliphatic carbocycles. The lowest BCUT2D eigenvalue weighted by Gasteiger charge is -2.30. The first-order chi connectivity index (χ1) is 10.2. The average molecular weight is 288 g/mol. The predicted molar refractivity (Wildman–Crippen MR) is 86.5 cm³/mol. The first-order valence-electron chi connectivity index (χ1n) is 8.30. The maximum absolute atomic E-state index is 6.33. The van der Waals surface area contributed by atoms with Crippen molar-refractivity contribution in [2.45, 2.75) is 44.7 Å². The molecule has 1 aliphatic heterocycles. The zero-order valence-corrected chi connectivity index (χ0v) is 13.3. The number of nitrogens with zero attached hydrogens (tertiary/aromatic N) is 1. The smallest absolute Gasteiger partial charge is 0.122 e. The minimum Gasteiger partial charge on any atom is -0.496 e. The van der Waals surface area contributed by atoms with Crippen molar-refractivity contribution in [2.75, 3.05) is 20.2 Å². The molecule has 3 heteroatoms. The van der Waals surface area contributed by atoms with Gasteiger partial charge in [0.1, 0.15) is 5.75 Å². The number of rotatable bonds is 4. The minimum absolute atomic E-state index is 0.423. The minimum atomic E-state index is 0.423. The van der Waals surface area contributed by atoms with Crippen LogP contribution < -0.4 is 10.5 Å². The fraction of sp³-hybridized carbons (Fsp3) is 0.667. The molecule has 2 aliphatic rings. The summed E-state index contributed by atoms with van der Waals surface area (Å²) in [7, 11) is 1.76. The Morgan fingerprint density at radius 1 is 1.29 bits per heavy atom. The second-order valence-electron chi connectivity index (χ2n) is 6.84. The van der Waals surface area contributed by atoms with Crippen LogP contribution in [0.3, 0.4) is 0 Å². The lowest BCUT2D eigenvalue weighted by atomic mass is 9.78. The number of nitrogens with two attached hydrogens (primary N) is 1. The van der Waals surface area contributed by atoms with Crippen molar-refractivity contribution in [3.05, 3.63) is 29.8 Å². The Morgan fingerprint density at radius 3 is 2.86 bits per heavy atom. The molecule has 3 nitrogen and oxygen atoms in total. The standard InChI is InChI=1S/C18H28N2O/c1-13(10-14-6-3-4-9-18(14)21-2)20-11-15-7-5-8-17(19)16(15)12-20/h3-4,6,9,13,15-17H,5,7-8,10-12,19H2,1-2H3. The molecular weight excluding hydrogens is 260 g/mol. The van der Waals surface area contributed by atoms with E-state index >= 15 is 0 Å². The van der Waals surface area contributed by atoms with Crippen LogP contribution in [0.25, 0.3) is 0 Å². The molecule has 1 aromatic carbocycles. The normalized spacial score (nSPS) is 30.9. The second-order valence-corrected chi connectivity index (χ2v) is 6.84. The summed E-state index contributed by atoms with van der Waals surface area (Å²) in [6.45, 7) is 4.76. The third-order valence-electron chi connectivity index (χ3n) is 5.51. The first-order valence-corrected chi connectivity index (χ1v) is 8.30. The van der Waals surface area contributed by atoms with Crippen molar-refractivity contribution >= 4 is 0 Å². The van der Waals surface area contributed by atoms with E-state index in [0.29, 0.717) is 12.1 Å². The molecule has 1 heterocycles. The number of fused-ring (bicyclic) bond motifs is 1. The van der Waals surface area contributed by atoms with Gasteiger partial charge in [-0.25, -0.2) is 0 Å². The number of benzene rings is 1. The summed E-state index contributed by atoms with van der Waals surface area (Å²) >= 11 is 0. The molecule has 4 unspecified atom stereocenters. The number of methoxy groups -OCH3 is 1. The van der Waals surface area contributed by atoms with Crippen LogP contribution in [0.5, 0.6) is 5.75 Å². The van der Waals surface area contributed by atoms with Crippen LogP contribution >= 0.6 is 0 Å². The SMILES string of the molecule is COc1ccccc1CC(C)N1CC2CCCC(N)C2C1. The summed E-state index contributed by atoms with van der Waals surface area (Å²) in [6.07, 6.45) is 4.96. The van der Waals surface area contributed by atoms with Crippen LogP contribution in [0.2, 0.25) is 0 Å². The lowest BCUT2D eigenvalue weighted by Crippen LogP contribution is -2.39. The van der Waals surface area contributed by atoms with E-state index in [4.69, 9.17) is 10.5 Å². The quantitative estimate of drug-likeness (QED) is 0.926. The van der Waals surface area contributed by atoms with Crippen molar-refractivity contribution in [1.29, 1.82) is 0 Å². The molecule has 0 radical (unpaired) electrons. The van der Waals surface area contributed by atoms with Gasteiger partial charge in [0.05, 0.1) is 7.11 Å². The Balaban J connectivity index is 1.65. The van der Waals surface area contributed by atoms with Gasteiger partial charge < -0.3 is 10.5 Å². The highest BCUT2D eigenvalue weighted by molar-refractivity contribution is 5.33. The topological polar surface area (TPSA) is 38.5 Å². The van der Waals surface area contributed by atoms with E-state index in [1.165, 1.54) is 37.9 Å². The summed E-state index contributed by atoms with van der Waals surface area (Å²) in [5.41, 5.74) is 7.65. The van der Waals surface area contributed by atoms with E-state index in [9.17, 15) is 0 Å². The summed E-state index contributed by atoms with van der Waals surface area (Å²) in [5, 5.41) is 0. The Bertz CT molecular complexity index is 476. The monoisotopic (exact) mass is 288 g/mol. The zero-order valence-electron chi connectivity index (χ0n) is 13.3. The fourth-order valence-corrected chi connectivity index (χ4v) is 4.23. The molecule has 2 fully saturated rings. The second kappa shape index (κ2) is 6.37. The third kappa shape index (κ3) is 3.09. The van der Waals surface area contributed by atoms with E-state index in [1.54, 1.807) is 7.11 Å². The molecule has 0 aromatic heterocycles. The number of ether oxygens (including phenoxy) is 1. The Kier molecular flexibility index (Phi) is 4.51. The molecule has 1 aromatic rings. The van der Waals surface area contributed by atoms with Gasteiger partial charge in [0, 0.05) is 25.2 Å². The Hall–Kier alpha value is -1.06. The van der Waals surface area contributed by atoms with E-state index in [1.807, 2.05) is 6.07 Å². The maximum Gasteiger partial charge on any atom is 0.122 e. The molecule has 21 heavy (non-hydrogen) atoms. The van der Waals surface area contributed by atoms with Crippen LogP contribution in [0.4, 0.5) is 0 Å². The van der Waals surface area contributed by atoms with Gasteiger partial charge in [-0.3, -0.25) is 4.90 Å². The van der Waals surface area contributed by atoms with Gasteiger partial charge in [-0.15, -0.1) is 0 Å². The molecular formula is C18H28N2O. The number of hydrogen-bond donors (Lipinski definition) is 1. The van der Waals surface area contributed by atoms with Crippen LogP contribution in [0.15, 0.2) is 24.3 Å². The van der Waals surface area contributed by atoms with Crippen molar-refractivity contribution < 1.29 is 4.74 Å². The van der Waals surface area contributed by atoms with Crippen molar-refractivity contribution in [3.8, 4) is 5.75 Å². The average Bonchev–Trinajstić information content (AvgIpc) is 2.93. The predicted octanol–water partition coefficient (Wildman–Crippen LogP) is 2.69. The number of hydrogen-bond acceptors (Lipinski definition) is 3. The highest BCUT2D eigenvalue weighted by atomic mass is 16.5. The number of likely N-dealkylation sites (tertiary alicyclic amines) is 1. The largest absolute Gasteiger partial charge is 0.496 e. The van der Waals surface area contributed by atoms with E-state index in [2.05, 4.69) is 30.0 Å².